The standard InChI is InChI=1S/C7H9.2ClH.Zr/c1-2-7-5-3-4-6-7;;;/h3-5H,1-2,6H2;2*1H;. The Morgan fingerprint density at radius 2 is 2.10 bits per heavy atom. The monoisotopic (exact) mass is 255 g/mol. The van der Waals surface area contributed by atoms with Crippen LogP contribution in [0.4, 0.5) is 0 Å². The predicted molar refractivity (Wildman–Crippen MR) is 45.8 cm³/mol. The van der Waals surface area contributed by atoms with Crippen LogP contribution in [0.25, 0.3) is 0 Å². The van der Waals surface area contributed by atoms with E-state index in [0.29, 0.717) is 0 Å². The maximum absolute atomic E-state index is 2.24. The molecule has 0 nitrogen and oxygen atoms in total. The van der Waals surface area contributed by atoms with Crippen molar-refractivity contribution in [2.45, 2.75) is 17.0 Å². The Balaban J connectivity index is 0. The molecule has 0 N–H and O–H groups in total. The molecule has 0 saturated carbocycles. The van der Waals surface area contributed by atoms with Gasteiger partial charge in [0.2, 0.25) is 0 Å². The van der Waals surface area contributed by atoms with Crippen molar-refractivity contribution in [2.24, 2.45) is 0 Å². The minimum atomic E-state index is 0. The van der Waals surface area contributed by atoms with Gasteiger partial charge in [0.25, 0.3) is 0 Å². The molecule has 0 radical (unpaired) electrons. The molecule has 1 aliphatic carbocycles. The fraction of sp³-hybridized carbons (Fsp3) is 0.429. The third kappa shape index (κ3) is 4.71. The van der Waals surface area contributed by atoms with Crippen LogP contribution in [0.2, 0.25) is 4.13 Å². The van der Waals surface area contributed by atoms with Crippen molar-refractivity contribution in [3.05, 3.63) is 23.8 Å². The van der Waals surface area contributed by atoms with Crippen LogP contribution >= 0.6 is 24.8 Å². The third-order valence-electron chi connectivity index (χ3n) is 1.29. The van der Waals surface area contributed by atoms with Crippen molar-refractivity contribution in [3.8, 4) is 0 Å². The van der Waals surface area contributed by atoms with Gasteiger partial charge in [0.15, 0.2) is 0 Å². The molecule has 1 rings (SSSR count). The van der Waals surface area contributed by atoms with Crippen LogP contribution in [0.1, 0.15) is 12.8 Å². The van der Waals surface area contributed by atoms with Crippen molar-refractivity contribution in [1.82, 2.24) is 0 Å². The molecule has 0 amide bonds. The predicted octanol–water partition coefficient (Wildman–Crippen LogP) is 3.07. The summed E-state index contributed by atoms with van der Waals surface area (Å²) in [6.07, 6.45) is 9.16. The summed E-state index contributed by atoms with van der Waals surface area (Å²) in [5.74, 6) is 0. The van der Waals surface area contributed by atoms with E-state index in [9.17, 15) is 0 Å². The second kappa shape index (κ2) is 8.04. The Labute approximate surface area is 89.8 Å². The summed E-state index contributed by atoms with van der Waals surface area (Å²) in [4.78, 5) is 0. The average molecular weight is 257 g/mol. The zero-order chi connectivity index (χ0) is 5.82. The summed E-state index contributed by atoms with van der Waals surface area (Å²) in [5, 5.41) is 0. The summed E-state index contributed by atoms with van der Waals surface area (Å²) in [6, 6.07) is 0. The van der Waals surface area contributed by atoms with Crippen LogP contribution < -0.4 is 0 Å². The van der Waals surface area contributed by atoms with E-state index in [0.717, 1.165) is 0 Å². The van der Waals surface area contributed by atoms with Gasteiger partial charge in [0.05, 0.1) is 0 Å². The van der Waals surface area contributed by atoms with Gasteiger partial charge < -0.3 is 0 Å². The second-order valence-corrected chi connectivity index (χ2v) is 3.19. The SMILES string of the molecule is Cl.Cl.[Zr][CH2]CC1=CC=CC1. The van der Waals surface area contributed by atoms with Crippen LogP contribution in [0.5, 0.6) is 0 Å². The van der Waals surface area contributed by atoms with Crippen LogP contribution in [0.3, 0.4) is 0 Å². The summed E-state index contributed by atoms with van der Waals surface area (Å²) in [5.41, 5.74) is 1.61. The van der Waals surface area contributed by atoms with Crippen LogP contribution in [0, 0.1) is 0 Å². The summed E-state index contributed by atoms with van der Waals surface area (Å²) >= 11 is 1.66. The van der Waals surface area contributed by atoms with Gasteiger partial charge in [-0.2, -0.15) is 0 Å². The molecule has 0 aromatic heterocycles. The molecule has 0 aromatic carbocycles. The fourth-order valence-electron chi connectivity index (χ4n) is 0.838. The minimum absolute atomic E-state index is 0. The van der Waals surface area contributed by atoms with E-state index in [1.165, 1.54) is 17.0 Å². The molecule has 1 aliphatic rings. The second-order valence-electron chi connectivity index (χ2n) is 1.96. The van der Waals surface area contributed by atoms with Gasteiger partial charge in [0.1, 0.15) is 0 Å². The molecule has 0 unspecified atom stereocenters. The van der Waals surface area contributed by atoms with E-state index in [1.54, 1.807) is 30.3 Å². The van der Waals surface area contributed by atoms with Crippen LogP contribution in [-0.4, -0.2) is 0 Å². The Kier molecular flexibility index (Phi) is 10.9. The van der Waals surface area contributed by atoms with Crippen molar-refractivity contribution >= 4 is 24.8 Å². The van der Waals surface area contributed by atoms with E-state index in [1.807, 2.05) is 0 Å². The van der Waals surface area contributed by atoms with Crippen molar-refractivity contribution in [3.63, 3.8) is 0 Å². The first-order valence-electron chi connectivity index (χ1n) is 2.92. The Hall–Kier alpha value is 0.943. The molecule has 0 bridgehead atoms. The molecule has 0 aliphatic heterocycles. The average Bonchev–Trinajstić information content (AvgIpc) is 2.19. The quantitative estimate of drug-likeness (QED) is 0.713. The Morgan fingerprint density at radius 3 is 2.50 bits per heavy atom. The first-order valence-corrected chi connectivity index (χ1v) is 4.66. The summed E-state index contributed by atoms with van der Waals surface area (Å²) in [6.45, 7) is 0. The summed E-state index contributed by atoms with van der Waals surface area (Å²) in [7, 11) is 0. The van der Waals surface area contributed by atoms with E-state index < -0.39 is 0 Å². The van der Waals surface area contributed by atoms with Gasteiger partial charge in [-0.3, -0.25) is 0 Å². The van der Waals surface area contributed by atoms with Gasteiger partial charge in [-0.1, -0.05) is 0 Å². The topological polar surface area (TPSA) is 0 Å². The number of halogens is 2. The molecule has 10 heavy (non-hydrogen) atoms. The van der Waals surface area contributed by atoms with Crippen molar-refractivity contribution < 1.29 is 24.7 Å². The molecule has 0 spiro atoms. The number of hydrogen-bond acceptors (Lipinski definition) is 0. The van der Waals surface area contributed by atoms with E-state index in [-0.39, 0.29) is 24.8 Å². The fourth-order valence-corrected chi connectivity index (χ4v) is 1.63. The van der Waals surface area contributed by atoms with Gasteiger partial charge in [-0.15, -0.1) is 24.8 Å². The van der Waals surface area contributed by atoms with Gasteiger partial charge in [0, 0.05) is 0 Å². The number of allylic oxidation sites excluding steroid dienone is 4. The molecule has 0 atom stereocenters. The molecule has 0 aromatic rings. The van der Waals surface area contributed by atoms with Gasteiger partial charge in [-0.05, 0) is 0 Å². The van der Waals surface area contributed by atoms with Crippen LogP contribution in [-0.2, 0) is 24.7 Å². The number of rotatable bonds is 2. The van der Waals surface area contributed by atoms with E-state index in [2.05, 4.69) is 18.2 Å². The number of hydrogen-bond donors (Lipinski definition) is 0. The normalized spacial score (nSPS) is 13.3. The first-order chi connectivity index (χ1) is 3.93. The zero-order valence-electron chi connectivity index (χ0n) is 5.67. The van der Waals surface area contributed by atoms with Crippen molar-refractivity contribution in [1.29, 1.82) is 0 Å². The van der Waals surface area contributed by atoms with E-state index >= 15 is 0 Å². The van der Waals surface area contributed by atoms with E-state index in [4.69, 9.17) is 0 Å². The molecule has 0 heterocycles. The van der Waals surface area contributed by atoms with Crippen molar-refractivity contribution in [2.75, 3.05) is 0 Å². The third-order valence-corrected chi connectivity index (χ3v) is 1.91. The molecule has 57 valence electrons. The molecular formula is C7H11Cl2Zr. The van der Waals surface area contributed by atoms with Gasteiger partial charge >= 0.3 is 65.5 Å². The first kappa shape index (κ1) is 13.5. The summed E-state index contributed by atoms with van der Waals surface area (Å²) < 4.78 is 1.38. The Morgan fingerprint density at radius 1 is 1.40 bits per heavy atom. The Bertz CT molecular complexity index is 130. The van der Waals surface area contributed by atoms with Crippen LogP contribution in [0.15, 0.2) is 23.8 Å². The zero-order valence-corrected chi connectivity index (χ0v) is 9.76. The molecule has 0 fully saturated rings. The molecule has 3 heteroatoms. The maximum atomic E-state index is 2.24. The molecule has 0 saturated heterocycles. The molecular weight excluding hydrogens is 246 g/mol. The van der Waals surface area contributed by atoms with Gasteiger partial charge in [-0.25, -0.2) is 0 Å².